The predicted octanol–water partition coefficient (Wildman–Crippen LogP) is 5.96. The minimum Gasteiger partial charge on any atom is -0.325 e. The molecule has 0 bridgehead atoms. The summed E-state index contributed by atoms with van der Waals surface area (Å²) in [4.78, 5) is 12.5. The highest BCUT2D eigenvalue weighted by Gasteiger charge is 2.13. The van der Waals surface area contributed by atoms with Gasteiger partial charge < -0.3 is 9.88 Å². The molecule has 1 aromatic heterocycles. The second kappa shape index (κ2) is 9.93. The molecule has 34 heavy (non-hydrogen) atoms. The summed E-state index contributed by atoms with van der Waals surface area (Å²) in [6.07, 6.45) is 0.686. The quantitative estimate of drug-likeness (QED) is 0.302. The van der Waals surface area contributed by atoms with E-state index in [1.807, 2.05) is 60.1 Å². The van der Waals surface area contributed by atoms with Crippen LogP contribution in [0.1, 0.15) is 11.4 Å². The first-order valence-electron chi connectivity index (χ1n) is 11.1. The van der Waals surface area contributed by atoms with Crippen molar-refractivity contribution in [2.75, 3.05) is 11.1 Å². The highest BCUT2D eigenvalue weighted by Crippen LogP contribution is 2.24. The molecule has 1 amide bonds. The Balaban J connectivity index is 1.20. The Morgan fingerprint density at radius 3 is 2.35 bits per heavy atom. The van der Waals surface area contributed by atoms with Crippen molar-refractivity contribution in [1.29, 1.82) is 0 Å². The van der Waals surface area contributed by atoms with Crippen LogP contribution in [0.15, 0.2) is 102 Å². The summed E-state index contributed by atoms with van der Waals surface area (Å²) in [5, 5.41) is 14.8. The number of fused-ring (bicyclic) bond motifs is 1. The molecule has 0 atom stereocenters. The van der Waals surface area contributed by atoms with E-state index in [9.17, 15) is 4.79 Å². The van der Waals surface area contributed by atoms with Crippen LogP contribution in [0.2, 0.25) is 0 Å². The molecule has 5 aromatic rings. The van der Waals surface area contributed by atoms with E-state index < -0.39 is 0 Å². The Kier molecular flexibility index (Phi) is 6.40. The Hall–Kier alpha value is -3.90. The Bertz CT molecular complexity index is 1420. The largest absolute Gasteiger partial charge is 0.325 e. The number of thioether (sulfide) groups is 1. The van der Waals surface area contributed by atoms with Gasteiger partial charge in [-0.25, -0.2) is 0 Å². The van der Waals surface area contributed by atoms with E-state index in [1.165, 1.54) is 28.1 Å². The van der Waals surface area contributed by atoms with Gasteiger partial charge in [-0.3, -0.25) is 4.79 Å². The molecule has 0 radical (unpaired) electrons. The SMILES string of the molecule is Cn1c(Cc2cccc3ccccc23)nnc1SCC(=O)Nc1ccc(-c2ccccc2)cc1. The number of benzene rings is 4. The Labute approximate surface area is 202 Å². The highest BCUT2D eigenvalue weighted by atomic mass is 32.2. The lowest BCUT2D eigenvalue weighted by Gasteiger charge is -2.08. The van der Waals surface area contributed by atoms with Crippen LogP contribution in [0.3, 0.4) is 0 Å². The van der Waals surface area contributed by atoms with Gasteiger partial charge in [-0.2, -0.15) is 0 Å². The van der Waals surface area contributed by atoms with Gasteiger partial charge in [0.25, 0.3) is 0 Å². The highest BCUT2D eigenvalue weighted by molar-refractivity contribution is 7.99. The summed E-state index contributed by atoms with van der Waals surface area (Å²) in [5.41, 5.74) is 4.25. The van der Waals surface area contributed by atoms with Crippen LogP contribution in [0, 0.1) is 0 Å². The number of carbonyl (C=O) groups is 1. The number of carbonyl (C=O) groups excluding carboxylic acids is 1. The maximum Gasteiger partial charge on any atom is 0.234 e. The van der Waals surface area contributed by atoms with Crippen molar-refractivity contribution in [2.24, 2.45) is 7.05 Å². The molecule has 0 aliphatic rings. The smallest absolute Gasteiger partial charge is 0.234 e. The topological polar surface area (TPSA) is 59.8 Å². The molecule has 0 aliphatic carbocycles. The lowest BCUT2D eigenvalue weighted by atomic mass is 10.0. The zero-order chi connectivity index (χ0) is 23.3. The molecule has 0 saturated carbocycles. The van der Waals surface area contributed by atoms with Crippen LogP contribution in [-0.2, 0) is 18.3 Å². The molecule has 0 spiro atoms. The van der Waals surface area contributed by atoms with Gasteiger partial charge in [-0.1, -0.05) is 96.7 Å². The monoisotopic (exact) mass is 464 g/mol. The number of rotatable bonds is 7. The van der Waals surface area contributed by atoms with Gasteiger partial charge in [0.2, 0.25) is 5.91 Å². The van der Waals surface area contributed by atoms with Gasteiger partial charge in [0.05, 0.1) is 5.75 Å². The van der Waals surface area contributed by atoms with Crippen molar-refractivity contribution in [1.82, 2.24) is 14.8 Å². The number of anilines is 1. The Morgan fingerprint density at radius 2 is 1.53 bits per heavy atom. The standard InChI is InChI=1S/C28H24N4OS/c1-32-26(18-23-12-7-11-22-10-5-6-13-25(22)23)30-31-28(32)34-19-27(33)29-24-16-14-21(15-17-24)20-8-3-2-4-9-20/h2-17H,18-19H2,1H3,(H,29,33). The molecule has 168 valence electrons. The molecular formula is C28H24N4OS. The summed E-state index contributed by atoms with van der Waals surface area (Å²) >= 11 is 1.39. The molecule has 5 nitrogen and oxygen atoms in total. The van der Waals surface area contributed by atoms with Gasteiger partial charge in [-0.15, -0.1) is 10.2 Å². The first-order chi connectivity index (χ1) is 16.7. The van der Waals surface area contributed by atoms with Gasteiger partial charge in [0.15, 0.2) is 5.16 Å². The van der Waals surface area contributed by atoms with E-state index in [1.54, 1.807) is 0 Å². The van der Waals surface area contributed by atoms with Crippen molar-refractivity contribution < 1.29 is 4.79 Å². The third-order valence-corrected chi connectivity index (χ3v) is 6.78. The fourth-order valence-electron chi connectivity index (χ4n) is 3.95. The molecule has 0 fully saturated rings. The predicted molar refractivity (Wildman–Crippen MR) is 139 cm³/mol. The second-order valence-corrected chi connectivity index (χ2v) is 9.00. The van der Waals surface area contributed by atoms with Crippen LogP contribution in [0.5, 0.6) is 0 Å². The lowest BCUT2D eigenvalue weighted by molar-refractivity contribution is -0.113. The molecule has 0 aliphatic heterocycles. The summed E-state index contributed by atoms with van der Waals surface area (Å²) in [5.74, 6) is 1.06. The van der Waals surface area contributed by atoms with E-state index in [4.69, 9.17) is 0 Å². The molecule has 6 heteroatoms. The molecule has 0 saturated heterocycles. The van der Waals surface area contributed by atoms with Gasteiger partial charge in [0.1, 0.15) is 5.82 Å². The third kappa shape index (κ3) is 4.87. The number of hydrogen-bond donors (Lipinski definition) is 1. The molecule has 5 rings (SSSR count). The van der Waals surface area contributed by atoms with E-state index in [2.05, 4.69) is 64.0 Å². The first kappa shape index (κ1) is 21.9. The minimum atomic E-state index is -0.0731. The molecule has 1 N–H and O–H groups in total. The van der Waals surface area contributed by atoms with Crippen molar-refractivity contribution in [2.45, 2.75) is 11.6 Å². The normalized spacial score (nSPS) is 11.0. The van der Waals surface area contributed by atoms with Gasteiger partial charge >= 0.3 is 0 Å². The van der Waals surface area contributed by atoms with Crippen LogP contribution in [-0.4, -0.2) is 26.4 Å². The van der Waals surface area contributed by atoms with E-state index in [0.29, 0.717) is 6.42 Å². The number of nitrogens with zero attached hydrogens (tertiary/aromatic N) is 3. The van der Waals surface area contributed by atoms with Crippen LogP contribution in [0.25, 0.3) is 21.9 Å². The summed E-state index contributed by atoms with van der Waals surface area (Å²) in [7, 11) is 1.95. The summed E-state index contributed by atoms with van der Waals surface area (Å²) in [6.45, 7) is 0. The number of nitrogens with one attached hydrogen (secondary N) is 1. The average Bonchev–Trinajstić information content (AvgIpc) is 3.23. The maximum absolute atomic E-state index is 12.5. The van der Waals surface area contributed by atoms with Crippen LogP contribution in [0.4, 0.5) is 5.69 Å². The zero-order valence-corrected chi connectivity index (χ0v) is 19.6. The average molecular weight is 465 g/mol. The van der Waals surface area contributed by atoms with Gasteiger partial charge in [0, 0.05) is 19.2 Å². The fourth-order valence-corrected chi connectivity index (χ4v) is 4.68. The number of aromatic nitrogens is 3. The minimum absolute atomic E-state index is 0.0731. The fraction of sp³-hybridized carbons (Fsp3) is 0.107. The zero-order valence-electron chi connectivity index (χ0n) is 18.8. The van der Waals surface area contributed by atoms with E-state index in [0.717, 1.165) is 27.8 Å². The van der Waals surface area contributed by atoms with E-state index >= 15 is 0 Å². The van der Waals surface area contributed by atoms with E-state index in [-0.39, 0.29) is 11.7 Å². The molecule has 0 unspecified atom stereocenters. The molecular weight excluding hydrogens is 440 g/mol. The third-order valence-electron chi connectivity index (χ3n) is 5.76. The maximum atomic E-state index is 12.5. The van der Waals surface area contributed by atoms with Crippen molar-refractivity contribution in [3.8, 4) is 11.1 Å². The molecule has 1 heterocycles. The van der Waals surface area contributed by atoms with Crippen molar-refractivity contribution in [3.05, 3.63) is 108 Å². The van der Waals surface area contributed by atoms with Crippen molar-refractivity contribution in [3.63, 3.8) is 0 Å². The van der Waals surface area contributed by atoms with Crippen LogP contribution < -0.4 is 5.32 Å². The number of amides is 1. The lowest BCUT2D eigenvalue weighted by Crippen LogP contribution is -2.14. The first-order valence-corrected chi connectivity index (χ1v) is 12.1. The summed E-state index contributed by atoms with van der Waals surface area (Å²) in [6, 6.07) is 32.7. The summed E-state index contributed by atoms with van der Waals surface area (Å²) < 4.78 is 1.97. The van der Waals surface area contributed by atoms with Crippen LogP contribution >= 0.6 is 11.8 Å². The molecule has 4 aromatic carbocycles. The second-order valence-electron chi connectivity index (χ2n) is 8.05. The van der Waals surface area contributed by atoms with Crippen molar-refractivity contribution >= 4 is 34.1 Å². The number of hydrogen-bond acceptors (Lipinski definition) is 4. The Morgan fingerprint density at radius 1 is 0.824 bits per heavy atom. The van der Waals surface area contributed by atoms with Gasteiger partial charge in [-0.05, 0) is 39.6 Å².